The van der Waals surface area contributed by atoms with E-state index in [4.69, 9.17) is 9.97 Å². The highest BCUT2D eigenvalue weighted by Crippen LogP contribution is 2.52. The maximum atomic E-state index is 4.77. The normalized spacial score (nSPS) is 14.5. The monoisotopic (exact) mass is 785 g/mol. The molecule has 284 valence electrons. The van der Waals surface area contributed by atoms with E-state index >= 15 is 0 Å². The molecule has 0 saturated carbocycles. The van der Waals surface area contributed by atoms with Crippen LogP contribution in [0.1, 0.15) is 48.3 Å². The Balaban J connectivity index is 1.06. The maximum Gasteiger partial charge on any atom is 0.0699 e. The highest BCUT2D eigenvalue weighted by molar-refractivity contribution is 7.26. The van der Waals surface area contributed by atoms with Gasteiger partial charge >= 0.3 is 0 Å². The Hall–Kier alpha value is -7.14. The highest BCUT2D eigenvalue weighted by Gasteiger charge is 2.36. The van der Waals surface area contributed by atoms with Crippen LogP contribution in [0.25, 0.3) is 86.6 Å². The van der Waals surface area contributed by atoms with Gasteiger partial charge in [0.2, 0.25) is 0 Å². The Kier molecular flexibility index (Phi) is 7.82. The molecule has 2 aliphatic rings. The summed E-state index contributed by atoms with van der Waals surface area (Å²) in [5.41, 5.74) is 18.1. The number of allylic oxidation sites excluding steroid dienone is 6. The molecule has 0 atom stereocenters. The van der Waals surface area contributed by atoms with Crippen LogP contribution in [0, 0.1) is 0 Å². The number of pyridine rings is 2. The quantitative estimate of drug-likeness (QED) is 0.174. The number of nitrogens with zero attached hydrogens (tertiary/aromatic N) is 3. The van der Waals surface area contributed by atoms with Crippen molar-refractivity contribution in [1.82, 2.24) is 14.5 Å². The van der Waals surface area contributed by atoms with Gasteiger partial charge in [0.05, 0.1) is 22.4 Å². The van der Waals surface area contributed by atoms with E-state index in [9.17, 15) is 0 Å². The lowest BCUT2D eigenvalue weighted by Gasteiger charge is -2.21. The molecule has 12 rings (SSSR count). The van der Waals surface area contributed by atoms with E-state index < -0.39 is 0 Å². The fourth-order valence-electron chi connectivity index (χ4n) is 9.84. The SMILES string of the molecule is CC1(C)c2ccccc2-c2cc3c4cc(-c5cccc6c5sc5c(C7=CC(c8ccccn8)=CCC(c8ccccn8)=C7)cccc56)ccc4n(-c4ccccc4)c3cc21. The fourth-order valence-corrected chi connectivity index (χ4v) is 11.2. The molecule has 0 amide bonds. The molecular formula is C56H39N3S. The van der Waals surface area contributed by atoms with Crippen LogP contribution in [0.2, 0.25) is 0 Å². The van der Waals surface area contributed by atoms with Crippen LogP contribution in [-0.4, -0.2) is 14.5 Å². The molecule has 2 aliphatic carbocycles. The van der Waals surface area contributed by atoms with Gasteiger partial charge in [0.25, 0.3) is 0 Å². The van der Waals surface area contributed by atoms with E-state index in [1.165, 1.54) is 92.2 Å². The van der Waals surface area contributed by atoms with Gasteiger partial charge in [-0.3, -0.25) is 9.97 Å². The number of para-hydroxylation sites is 1. The zero-order valence-electron chi connectivity index (χ0n) is 33.4. The van der Waals surface area contributed by atoms with Crippen LogP contribution in [-0.2, 0) is 5.41 Å². The second-order valence-electron chi connectivity index (χ2n) is 16.5. The average Bonchev–Trinajstić information content (AvgIpc) is 3.84. The Bertz CT molecular complexity index is 3460. The van der Waals surface area contributed by atoms with Gasteiger partial charge in [0, 0.05) is 54.4 Å². The molecule has 60 heavy (non-hydrogen) atoms. The van der Waals surface area contributed by atoms with Gasteiger partial charge in [0.1, 0.15) is 0 Å². The molecule has 0 aliphatic heterocycles. The second kappa shape index (κ2) is 13.5. The van der Waals surface area contributed by atoms with Crippen molar-refractivity contribution in [2.45, 2.75) is 25.7 Å². The maximum absolute atomic E-state index is 4.77. The van der Waals surface area contributed by atoms with Crippen molar-refractivity contribution in [3.05, 3.63) is 216 Å². The summed E-state index contributed by atoms with van der Waals surface area (Å²) in [7, 11) is 0. The summed E-state index contributed by atoms with van der Waals surface area (Å²) in [4.78, 5) is 9.52. The molecule has 0 saturated heterocycles. The van der Waals surface area contributed by atoms with Gasteiger partial charge in [-0.2, -0.15) is 0 Å². The second-order valence-corrected chi connectivity index (χ2v) is 17.5. The van der Waals surface area contributed by atoms with E-state index in [0.29, 0.717) is 0 Å². The molecule has 0 bridgehead atoms. The molecule has 4 heterocycles. The van der Waals surface area contributed by atoms with E-state index in [1.54, 1.807) is 0 Å². The first-order valence-corrected chi connectivity index (χ1v) is 21.5. The molecule has 0 N–H and O–H groups in total. The van der Waals surface area contributed by atoms with Crippen molar-refractivity contribution in [3.8, 4) is 27.9 Å². The van der Waals surface area contributed by atoms with Crippen molar-refractivity contribution in [3.63, 3.8) is 0 Å². The smallest absolute Gasteiger partial charge is 0.0699 e. The summed E-state index contributed by atoms with van der Waals surface area (Å²) in [5, 5.41) is 5.09. The van der Waals surface area contributed by atoms with Gasteiger partial charge in [-0.15, -0.1) is 11.3 Å². The van der Waals surface area contributed by atoms with Crippen molar-refractivity contribution in [2.24, 2.45) is 0 Å². The van der Waals surface area contributed by atoms with E-state index in [1.807, 2.05) is 35.9 Å². The third-order valence-corrected chi connectivity index (χ3v) is 14.1. The van der Waals surface area contributed by atoms with Gasteiger partial charge in [0.15, 0.2) is 0 Å². The summed E-state index contributed by atoms with van der Waals surface area (Å²) >= 11 is 1.90. The van der Waals surface area contributed by atoms with E-state index in [2.05, 4.69) is 182 Å². The molecule has 0 fully saturated rings. The van der Waals surface area contributed by atoms with Crippen LogP contribution < -0.4 is 0 Å². The van der Waals surface area contributed by atoms with Gasteiger partial charge in [-0.05, 0) is 135 Å². The highest BCUT2D eigenvalue weighted by atomic mass is 32.1. The molecule has 0 unspecified atom stereocenters. The molecular weight excluding hydrogens is 747 g/mol. The minimum absolute atomic E-state index is 0.0855. The lowest BCUT2D eigenvalue weighted by molar-refractivity contribution is 0.661. The largest absolute Gasteiger partial charge is 0.309 e. The molecule has 3 nitrogen and oxygen atoms in total. The summed E-state index contributed by atoms with van der Waals surface area (Å²) < 4.78 is 5.04. The topological polar surface area (TPSA) is 30.7 Å². The van der Waals surface area contributed by atoms with Crippen LogP contribution in [0.15, 0.2) is 188 Å². The molecule has 0 spiro atoms. The number of hydrogen-bond donors (Lipinski definition) is 0. The third-order valence-electron chi connectivity index (χ3n) is 12.8. The number of hydrogen-bond acceptors (Lipinski definition) is 3. The predicted octanol–water partition coefficient (Wildman–Crippen LogP) is 14.9. The molecule has 10 aromatic rings. The minimum atomic E-state index is -0.0855. The Morgan fingerprint density at radius 3 is 1.97 bits per heavy atom. The number of benzene rings is 6. The van der Waals surface area contributed by atoms with Gasteiger partial charge in [-0.25, -0.2) is 0 Å². The van der Waals surface area contributed by atoms with Crippen LogP contribution in [0.3, 0.4) is 0 Å². The first-order valence-electron chi connectivity index (χ1n) is 20.7. The van der Waals surface area contributed by atoms with Gasteiger partial charge in [-0.1, -0.05) is 117 Å². The van der Waals surface area contributed by atoms with E-state index in [-0.39, 0.29) is 5.41 Å². The first-order chi connectivity index (χ1) is 29.5. The number of rotatable bonds is 5. The Morgan fingerprint density at radius 1 is 0.500 bits per heavy atom. The predicted molar refractivity (Wildman–Crippen MR) is 254 cm³/mol. The molecule has 6 aromatic carbocycles. The van der Waals surface area contributed by atoms with Gasteiger partial charge < -0.3 is 4.57 Å². The van der Waals surface area contributed by atoms with Crippen molar-refractivity contribution >= 4 is 70.0 Å². The van der Waals surface area contributed by atoms with Crippen LogP contribution in [0.5, 0.6) is 0 Å². The summed E-state index contributed by atoms with van der Waals surface area (Å²) in [6.45, 7) is 4.73. The molecule has 0 radical (unpaired) electrons. The van der Waals surface area contributed by atoms with Crippen molar-refractivity contribution in [2.75, 3.05) is 0 Å². The Morgan fingerprint density at radius 2 is 1.18 bits per heavy atom. The van der Waals surface area contributed by atoms with Crippen molar-refractivity contribution < 1.29 is 0 Å². The lowest BCUT2D eigenvalue weighted by Crippen LogP contribution is -2.14. The lowest BCUT2D eigenvalue weighted by atomic mass is 9.82. The first kappa shape index (κ1) is 34.9. The third kappa shape index (κ3) is 5.34. The van der Waals surface area contributed by atoms with Crippen LogP contribution in [0.4, 0.5) is 0 Å². The standard InChI is InChI=1S/C56H39N3S/c1-56(2)48-21-7-6-16-42(48)45-33-47-46-32-35(26-27-52(46)59(53(47)34-49(45)56)39-14-4-3-5-15-39)40-17-12-19-43-44-20-13-18-41(55(44)60-54(40)43)38-30-36(50-22-8-10-28-57-50)24-25-37(31-38)51-23-9-11-29-58-51/h3-24,26-34H,25H2,1-2H3. The van der Waals surface area contributed by atoms with Crippen LogP contribution >= 0.6 is 11.3 Å². The fraction of sp³-hybridized carbons (Fsp3) is 0.0714. The zero-order chi connectivity index (χ0) is 40.0. The van der Waals surface area contributed by atoms with Crippen molar-refractivity contribution in [1.29, 1.82) is 0 Å². The summed E-state index contributed by atoms with van der Waals surface area (Å²) in [6.07, 6.45) is 11.5. The number of fused-ring (bicyclic) bond motifs is 9. The Labute approximate surface area is 353 Å². The summed E-state index contributed by atoms with van der Waals surface area (Å²) in [5.74, 6) is 0. The average molecular weight is 786 g/mol. The zero-order valence-corrected chi connectivity index (χ0v) is 34.2. The number of aromatic nitrogens is 3. The van der Waals surface area contributed by atoms with E-state index in [0.717, 1.165) is 29.0 Å². The minimum Gasteiger partial charge on any atom is -0.309 e. The summed E-state index contributed by atoms with van der Waals surface area (Å²) in [6, 6.07) is 57.7. The number of thiophene rings is 1. The molecule has 4 heteroatoms. The molecule has 4 aromatic heterocycles.